The van der Waals surface area contributed by atoms with Crippen LogP contribution in [-0.4, -0.2) is 41.5 Å². The van der Waals surface area contributed by atoms with E-state index < -0.39 is 5.97 Å². The number of ether oxygens (including phenoxy) is 1. The second-order valence-electron chi connectivity index (χ2n) is 9.02. The highest BCUT2D eigenvalue weighted by Crippen LogP contribution is 2.53. The quantitative estimate of drug-likeness (QED) is 0.226. The van der Waals surface area contributed by atoms with Crippen molar-refractivity contribution in [2.75, 3.05) is 23.1 Å². The van der Waals surface area contributed by atoms with E-state index in [0.717, 1.165) is 16.6 Å². The smallest absolute Gasteiger partial charge is 0.339 e. The van der Waals surface area contributed by atoms with Gasteiger partial charge in [-0.3, -0.25) is 14.4 Å². The van der Waals surface area contributed by atoms with Crippen LogP contribution >= 0.6 is 23.1 Å². The second kappa shape index (κ2) is 8.86. The summed E-state index contributed by atoms with van der Waals surface area (Å²) in [6, 6.07) is 12.1. The van der Waals surface area contributed by atoms with E-state index in [9.17, 15) is 19.2 Å². The van der Waals surface area contributed by atoms with Crippen molar-refractivity contribution in [2.45, 2.75) is 10.8 Å². The van der Waals surface area contributed by atoms with Gasteiger partial charge in [-0.25, -0.2) is 14.7 Å². The van der Waals surface area contributed by atoms with Crippen molar-refractivity contribution in [2.24, 2.45) is 23.7 Å². The van der Waals surface area contributed by atoms with Crippen molar-refractivity contribution in [1.29, 1.82) is 0 Å². The van der Waals surface area contributed by atoms with Crippen LogP contribution < -0.4 is 10.2 Å². The summed E-state index contributed by atoms with van der Waals surface area (Å²) in [6.07, 6.45) is 5.07. The molecule has 2 aliphatic carbocycles. The number of hydrogen-bond donors (Lipinski definition) is 1. The van der Waals surface area contributed by atoms with Crippen molar-refractivity contribution in [3.05, 3.63) is 60.2 Å². The number of carbonyl (C=O) groups excluding carboxylic acids is 4. The molecule has 1 N–H and O–H groups in total. The Kier molecular flexibility index (Phi) is 5.65. The molecule has 2 bridgehead atoms. The van der Waals surface area contributed by atoms with Gasteiger partial charge in [0, 0.05) is 0 Å². The van der Waals surface area contributed by atoms with Crippen molar-refractivity contribution in [3.8, 4) is 0 Å². The standard InChI is InChI=1S/C26H21N3O5S2/c1-34-25(33)16-4-2-3-5-17(16)27-20(30)12-35-26-28-18-9-8-15(11-19(18)36-26)29-23(31)21-13-6-7-14(10-13)22(21)24(29)32/h2-9,11,13-14,21-22H,10,12H2,1H3,(H,27,30)/t13-,14-,21-,22+/m0/s1. The Balaban J connectivity index is 1.15. The first kappa shape index (κ1) is 22.9. The minimum atomic E-state index is -0.525. The Hall–Kier alpha value is -3.50. The van der Waals surface area contributed by atoms with Gasteiger partial charge in [0.25, 0.3) is 0 Å². The van der Waals surface area contributed by atoms with Gasteiger partial charge in [-0.15, -0.1) is 11.3 Å². The molecular formula is C26H21N3O5S2. The normalized spacial score (nSPS) is 24.0. The molecule has 0 spiro atoms. The van der Waals surface area contributed by atoms with Gasteiger partial charge in [-0.1, -0.05) is 36.0 Å². The fourth-order valence-corrected chi connectivity index (χ4v) is 7.34. The number of hydrogen-bond acceptors (Lipinski definition) is 8. The number of rotatable bonds is 6. The van der Waals surface area contributed by atoms with E-state index in [0.29, 0.717) is 15.7 Å². The molecule has 10 heteroatoms. The number of methoxy groups -OCH3 is 1. The number of fused-ring (bicyclic) bond motifs is 6. The van der Waals surface area contributed by atoms with Gasteiger partial charge in [-0.2, -0.15) is 0 Å². The maximum Gasteiger partial charge on any atom is 0.339 e. The minimum Gasteiger partial charge on any atom is -0.465 e. The highest BCUT2D eigenvalue weighted by atomic mass is 32.2. The third-order valence-corrected chi connectivity index (χ3v) is 9.18. The first-order valence-corrected chi connectivity index (χ1v) is 13.3. The number of nitrogens with one attached hydrogen (secondary N) is 1. The second-order valence-corrected chi connectivity index (χ2v) is 11.3. The van der Waals surface area contributed by atoms with Gasteiger partial charge < -0.3 is 10.1 Å². The lowest BCUT2D eigenvalue weighted by atomic mass is 9.85. The number of anilines is 2. The molecule has 3 aromatic rings. The maximum absolute atomic E-state index is 13.1. The molecule has 182 valence electrons. The van der Waals surface area contributed by atoms with Crippen LogP contribution in [-0.2, 0) is 19.1 Å². The number of carbonyl (C=O) groups is 4. The number of nitrogens with zero attached hydrogens (tertiary/aromatic N) is 2. The molecule has 3 aliphatic rings. The summed E-state index contributed by atoms with van der Waals surface area (Å²) in [5.41, 5.74) is 1.98. The molecule has 1 aliphatic heterocycles. The lowest BCUT2D eigenvalue weighted by Crippen LogP contribution is -2.32. The molecule has 2 aromatic carbocycles. The number of imide groups is 1. The first-order chi connectivity index (χ1) is 17.4. The van der Waals surface area contributed by atoms with Gasteiger partial charge in [0.1, 0.15) is 0 Å². The summed E-state index contributed by atoms with van der Waals surface area (Å²) in [4.78, 5) is 56.6. The van der Waals surface area contributed by atoms with Crippen LogP contribution in [0.2, 0.25) is 0 Å². The first-order valence-electron chi connectivity index (χ1n) is 11.5. The van der Waals surface area contributed by atoms with E-state index in [1.54, 1.807) is 36.4 Å². The molecule has 6 rings (SSSR count). The molecule has 0 radical (unpaired) electrons. The third kappa shape index (κ3) is 3.72. The van der Waals surface area contributed by atoms with E-state index in [1.165, 1.54) is 35.1 Å². The molecular weight excluding hydrogens is 498 g/mol. The molecule has 4 atom stereocenters. The summed E-state index contributed by atoms with van der Waals surface area (Å²) in [6.45, 7) is 0. The van der Waals surface area contributed by atoms with Crippen LogP contribution in [0.5, 0.6) is 0 Å². The number of benzene rings is 2. The van der Waals surface area contributed by atoms with Gasteiger partial charge in [-0.05, 0) is 48.6 Å². The Morgan fingerprint density at radius 2 is 1.83 bits per heavy atom. The van der Waals surface area contributed by atoms with E-state index in [2.05, 4.69) is 22.5 Å². The van der Waals surface area contributed by atoms with Gasteiger partial charge >= 0.3 is 5.97 Å². The van der Waals surface area contributed by atoms with Crippen LogP contribution in [0.1, 0.15) is 16.8 Å². The van der Waals surface area contributed by atoms with Crippen LogP contribution in [0.3, 0.4) is 0 Å². The molecule has 2 heterocycles. The molecule has 36 heavy (non-hydrogen) atoms. The van der Waals surface area contributed by atoms with Gasteiger partial charge in [0.05, 0.1) is 51.9 Å². The van der Waals surface area contributed by atoms with Crippen molar-refractivity contribution in [1.82, 2.24) is 4.98 Å². The highest BCUT2D eigenvalue weighted by Gasteiger charge is 2.59. The lowest BCUT2D eigenvalue weighted by Gasteiger charge is -2.17. The Labute approximate surface area is 214 Å². The minimum absolute atomic E-state index is 0.102. The highest BCUT2D eigenvalue weighted by molar-refractivity contribution is 8.01. The molecule has 1 saturated heterocycles. The fourth-order valence-electron chi connectivity index (χ4n) is 5.44. The summed E-state index contributed by atoms with van der Waals surface area (Å²) in [7, 11) is 1.29. The van der Waals surface area contributed by atoms with Crippen LogP contribution in [0.25, 0.3) is 10.2 Å². The number of thioether (sulfide) groups is 1. The Morgan fingerprint density at radius 3 is 2.56 bits per heavy atom. The third-order valence-electron chi connectivity index (χ3n) is 7.01. The van der Waals surface area contributed by atoms with Crippen molar-refractivity contribution < 1.29 is 23.9 Å². The predicted molar refractivity (Wildman–Crippen MR) is 137 cm³/mol. The van der Waals surface area contributed by atoms with Crippen molar-refractivity contribution >= 4 is 68.4 Å². The molecule has 8 nitrogen and oxygen atoms in total. The number of thiazole rings is 1. The largest absolute Gasteiger partial charge is 0.465 e. The molecule has 0 unspecified atom stereocenters. The van der Waals surface area contributed by atoms with E-state index >= 15 is 0 Å². The molecule has 3 amide bonds. The lowest BCUT2D eigenvalue weighted by molar-refractivity contribution is -0.123. The average molecular weight is 520 g/mol. The maximum atomic E-state index is 13.1. The summed E-state index contributed by atoms with van der Waals surface area (Å²) in [5, 5.41) is 2.75. The topological polar surface area (TPSA) is 106 Å². The zero-order valence-corrected chi connectivity index (χ0v) is 20.8. The van der Waals surface area contributed by atoms with Crippen molar-refractivity contribution in [3.63, 3.8) is 0 Å². The molecule has 1 aromatic heterocycles. The Morgan fingerprint density at radius 1 is 1.11 bits per heavy atom. The van der Waals surface area contributed by atoms with E-state index in [-0.39, 0.29) is 52.7 Å². The average Bonchev–Trinajstić information content (AvgIpc) is 3.65. The summed E-state index contributed by atoms with van der Waals surface area (Å²) in [5.74, 6) is -1.05. The number of amides is 3. The predicted octanol–water partition coefficient (Wildman–Crippen LogP) is 4.13. The van der Waals surface area contributed by atoms with Crippen LogP contribution in [0, 0.1) is 23.7 Å². The van der Waals surface area contributed by atoms with Crippen LogP contribution in [0.15, 0.2) is 59.0 Å². The molecule has 1 saturated carbocycles. The van der Waals surface area contributed by atoms with Crippen LogP contribution in [0.4, 0.5) is 11.4 Å². The molecule has 2 fully saturated rings. The summed E-state index contributed by atoms with van der Waals surface area (Å²) < 4.78 is 6.29. The van der Waals surface area contributed by atoms with E-state index in [4.69, 9.17) is 4.74 Å². The zero-order chi connectivity index (χ0) is 25.0. The summed E-state index contributed by atoms with van der Waals surface area (Å²) >= 11 is 2.68. The van der Waals surface area contributed by atoms with Gasteiger partial charge in [0.15, 0.2) is 4.34 Å². The SMILES string of the molecule is COC(=O)c1ccccc1NC(=O)CSc1nc2ccc(N3C(=O)[C@@H]4[C@H](C3=O)[C@H]3C=C[C@H]4C3)cc2s1. The fraction of sp³-hybridized carbons (Fsp3) is 0.269. The number of esters is 1. The van der Waals surface area contributed by atoms with E-state index in [1.807, 2.05) is 6.07 Å². The monoisotopic (exact) mass is 519 g/mol. The zero-order valence-electron chi connectivity index (χ0n) is 19.2. The Bertz CT molecular complexity index is 1430. The number of para-hydroxylation sites is 1. The number of aromatic nitrogens is 1. The number of allylic oxidation sites excluding steroid dienone is 2. The van der Waals surface area contributed by atoms with Gasteiger partial charge in [0.2, 0.25) is 17.7 Å².